The van der Waals surface area contributed by atoms with Crippen LogP contribution in [0.4, 0.5) is 5.88 Å². The highest BCUT2D eigenvalue weighted by molar-refractivity contribution is 7.92. The quantitative estimate of drug-likeness (QED) is 0.357. The molecule has 2 aromatic carbocycles. The van der Waals surface area contributed by atoms with Crippen LogP contribution in [-0.4, -0.2) is 40.9 Å². The minimum Gasteiger partial charge on any atom is -0.338 e. The van der Waals surface area contributed by atoms with Gasteiger partial charge in [-0.1, -0.05) is 49.3 Å². The van der Waals surface area contributed by atoms with Crippen molar-refractivity contribution in [3.63, 3.8) is 0 Å². The molecule has 1 N–H and O–H groups in total. The fraction of sp³-hybridized carbons (Fsp3) is 0.286. The Morgan fingerprint density at radius 2 is 1.76 bits per heavy atom. The molecule has 2 aromatic heterocycles. The van der Waals surface area contributed by atoms with Gasteiger partial charge < -0.3 is 9.42 Å². The summed E-state index contributed by atoms with van der Waals surface area (Å²) in [6.07, 6.45) is 4.10. The molecule has 1 aliphatic heterocycles. The third kappa shape index (κ3) is 4.79. The Morgan fingerprint density at radius 3 is 2.42 bits per heavy atom. The molecule has 0 aliphatic carbocycles. The summed E-state index contributed by atoms with van der Waals surface area (Å²) in [5.41, 5.74) is 3.59. The van der Waals surface area contributed by atoms with Crippen LogP contribution in [0, 0.1) is 19.3 Å². The monoisotopic (exact) mass is 531 g/mol. The average molecular weight is 532 g/mol. The van der Waals surface area contributed by atoms with Crippen molar-refractivity contribution in [1.29, 1.82) is 0 Å². The molecule has 1 amide bonds. The van der Waals surface area contributed by atoms with Crippen LogP contribution in [0.25, 0.3) is 22.5 Å². The molecular formula is C28H29N5O4S. The Balaban J connectivity index is 1.61. The van der Waals surface area contributed by atoms with Crippen LogP contribution in [-0.2, 0) is 21.4 Å². The number of sulfonamides is 1. The lowest BCUT2D eigenvalue weighted by molar-refractivity contribution is -0.135. The SMILES string of the molecule is Cc1noc(NS(=O)(=O)c2ccccc2-c2ccc(-c3ncccn3)cc2CN2CCC(C)(C)C2=O)c1C. The third-order valence-corrected chi connectivity index (χ3v) is 8.40. The second-order valence-corrected chi connectivity index (χ2v) is 11.8. The number of benzene rings is 2. The summed E-state index contributed by atoms with van der Waals surface area (Å²) in [5, 5.41) is 3.85. The molecule has 0 saturated carbocycles. The van der Waals surface area contributed by atoms with E-state index in [-0.39, 0.29) is 16.7 Å². The van der Waals surface area contributed by atoms with Gasteiger partial charge in [0.1, 0.15) is 0 Å². The number of carbonyl (C=O) groups is 1. The Kier molecular flexibility index (Phi) is 6.52. The van der Waals surface area contributed by atoms with Gasteiger partial charge in [0.2, 0.25) is 11.8 Å². The number of hydrogen-bond acceptors (Lipinski definition) is 7. The zero-order valence-corrected chi connectivity index (χ0v) is 22.5. The zero-order chi connectivity index (χ0) is 27.1. The van der Waals surface area contributed by atoms with E-state index in [9.17, 15) is 13.2 Å². The van der Waals surface area contributed by atoms with Crippen LogP contribution >= 0.6 is 0 Å². The van der Waals surface area contributed by atoms with Gasteiger partial charge in [-0.15, -0.1) is 0 Å². The van der Waals surface area contributed by atoms with Crippen molar-refractivity contribution >= 4 is 21.8 Å². The molecule has 1 aliphatic rings. The first-order valence-electron chi connectivity index (χ1n) is 12.3. The van der Waals surface area contributed by atoms with Gasteiger partial charge in [0, 0.05) is 47.6 Å². The van der Waals surface area contributed by atoms with E-state index in [0.717, 1.165) is 17.5 Å². The summed E-state index contributed by atoms with van der Waals surface area (Å²) in [7, 11) is -4.03. The number of hydrogen-bond donors (Lipinski definition) is 1. The summed E-state index contributed by atoms with van der Waals surface area (Å²) in [6.45, 7) is 8.35. The highest BCUT2D eigenvalue weighted by Gasteiger charge is 2.38. The zero-order valence-electron chi connectivity index (χ0n) is 21.7. The van der Waals surface area contributed by atoms with E-state index in [1.165, 1.54) is 0 Å². The number of rotatable bonds is 7. The number of amides is 1. The maximum atomic E-state index is 13.6. The van der Waals surface area contributed by atoms with Crippen LogP contribution in [0.5, 0.6) is 0 Å². The molecule has 3 heterocycles. The highest BCUT2D eigenvalue weighted by atomic mass is 32.2. The predicted molar refractivity (Wildman–Crippen MR) is 144 cm³/mol. The van der Waals surface area contributed by atoms with Gasteiger partial charge >= 0.3 is 0 Å². The summed E-state index contributed by atoms with van der Waals surface area (Å²) >= 11 is 0. The number of anilines is 1. The normalized spacial score (nSPS) is 15.2. The fourth-order valence-electron chi connectivity index (χ4n) is 4.59. The number of aromatic nitrogens is 3. The Bertz CT molecular complexity index is 1610. The van der Waals surface area contributed by atoms with Gasteiger partial charge in [-0.25, -0.2) is 23.1 Å². The minimum atomic E-state index is -4.03. The van der Waals surface area contributed by atoms with Crippen LogP contribution in [0.3, 0.4) is 0 Å². The molecule has 9 nitrogen and oxygen atoms in total. The van der Waals surface area contributed by atoms with Gasteiger partial charge in [0.05, 0.1) is 10.6 Å². The fourth-order valence-corrected chi connectivity index (χ4v) is 5.86. The standard InChI is InChI=1S/C28H29N5O4S/c1-18-19(2)31-37-26(18)32-38(35,36)24-9-6-5-8-23(24)22-11-10-20(25-29-13-7-14-30-25)16-21(22)17-33-15-12-28(3,4)27(33)34/h5-11,13-14,16,32H,12,15,17H2,1-4H3. The van der Waals surface area contributed by atoms with E-state index in [4.69, 9.17) is 4.52 Å². The van der Waals surface area contributed by atoms with E-state index in [0.29, 0.717) is 41.3 Å². The average Bonchev–Trinajstić information content (AvgIpc) is 3.36. The second kappa shape index (κ2) is 9.68. The number of nitrogens with zero attached hydrogens (tertiary/aromatic N) is 4. The maximum absolute atomic E-state index is 13.6. The summed E-state index contributed by atoms with van der Waals surface area (Å²) in [6, 6.07) is 14.2. The van der Waals surface area contributed by atoms with Crippen LogP contribution in [0.2, 0.25) is 0 Å². The molecule has 0 atom stereocenters. The number of aryl methyl sites for hydroxylation is 1. The Hall–Kier alpha value is -4.05. The molecule has 0 spiro atoms. The first kappa shape index (κ1) is 25.6. The molecule has 1 fully saturated rings. The van der Waals surface area contributed by atoms with E-state index in [1.54, 1.807) is 56.6 Å². The minimum absolute atomic E-state index is 0.0727. The molecule has 1 saturated heterocycles. The molecule has 10 heteroatoms. The van der Waals surface area contributed by atoms with Crippen molar-refractivity contribution in [2.75, 3.05) is 11.3 Å². The van der Waals surface area contributed by atoms with E-state index >= 15 is 0 Å². The Labute approximate surface area is 222 Å². The number of carbonyl (C=O) groups excluding carboxylic acids is 1. The van der Waals surface area contributed by atoms with Gasteiger partial charge in [-0.05, 0) is 49.6 Å². The highest BCUT2D eigenvalue weighted by Crippen LogP contribution is 2.37. The lowest BCUT2D eigenvalue weighted by Crippen LogP contribution is -2.30. The van der Waals surface area contributed by atoms with Crippen molar-refractivity contribution in [3.05, 3.63) is 77.7 Å². The smallest absolute Gasteiger partial charge is 0.264 e. The number of nitrogens with one attached hydrogen (secondary N) is 1. The van der Waals surface area contributed by atoms with Crippen LogP contribution in [0.15, 0.2) is 70.3 Å². The van der Waals surface area contributed by atoms with Gasteiger partial charge in [-0.2, -0.15) is 0 Å². The van der Waals surface area contributed by atoms with Crippen molar-refractivity contribution < 1.29 is 17.7 Å². The van der Waals surface area contributed by atoms with Gasteiger partial charge in [-0.3, -0.25) is 4.79 Å². The van der Waals surface area contributed by atoms with Crippen molar-refractivity contribution in [2.24, 2.45) is 5.41 Å². The lowest BCUT2D eigenvalue weighted by Gasteiger charge is -2.22. The summed E-state index contributed by atoms with van der Waals surface area (Å²) in [4.78, 5) is 23.7. The Morgan fingerprint density at radius 1 is 1.03 bits per heavy atom. The maximum Gasteiger partial charge on any atom is 0.264 e. The summed E-state index contributed by atoms with van der Waals surface area (Å²) < 4.78 is 34.9. The molecule has 0 bridgehead atoms. The second-order valence-electron chi connectivity index (χ2n) is 10.1. The molecule has 4 aromatic rings. The van der Waals surface area contributed by atoms with Crippen LogP contribution in [0.1, 0.15) is 37.1 Å². The first-order chi connectivity index (χ1) is 18.1. The lowest BCUT2D eigenvalue weighted by atomic mass is 9.92. The van der Waals surface area contributed by atoms with Crippen LogP contribution < -0.4 is 4.72 Å². The van der Waals surface area contributed by atoms with Crippen molar-refractivity contribution in [1.82, 2.24) is 20.0 Å². The molecule has 196 valence electrons. The predicted octanol–water partition coefficient (Wildman–Crippen LogP) is 4.97. The van der Waals surface area contributed by atoms with E-state index in [1.807, 2.05) is 36.9 Å². The molecule has 0 radical (unpaired) electrons. The van der Waals surface area contributed by atoms with E-state index < -0.39 is 15.4 Å². The van der Waals surface area contributed by atoms with Crippen molar-refractivity contribution in [3.8, 4) is 22.5 Å². The number of likely N-dealkylation sites (tertiary alicyclic amines) is 1. The molecular weight excluding hydrogens is 502 g/mol. The summed E-state index contributed by atoms with van der Waals surface area (Å²) in [5.74, 6) is 0.703. The largest absolute Gasteiger partial charge is 0.338 e. The van der Waals surface area contributed by atoms with E-state index in [2.05, 4.69) is 19.8 Å². The van der Waals surface area contributed by atoms with Gasteiger partial charge in [0.15, 0.2) is 5.82 Å². The first-order valence-corrected chi connectivity index (χ1v) is 13.8. The molecule has 38 heavy (non-hydrogen) atoms. The third-order valence-electron chi connectivity index (χ3n) is 7.01. The van der Waals surface area contributed by atoms with Gasteiger partial charge in [0.25, 0.3) is 10.0 Å². The molecule has 0 unspecified atom stereocenters. The topological polar surface area (TPSA) is 118 Å². The molecule has 5 rings (SSSR count). The van der Waals surface area contributed by atoms with Crippen molar-refractivity contribution in [2.45, 2.75) is 45.6 Å².